The maximum Gasteiger partial charge on any atom is 0.340 e. The van der Waals surface area contributed by atoms with E-state index < -0.39 is 5.97 Å². The number of hydrogen-bond acceptors (Lipinski definition) is 8. The molecule has 0 aliphatic carbocycles. The number of nitrogen functional groups attached to an aromatic ring is 1. The van der Waals surface area contributed by atoms with Crippen LogP contribution in [0.1, 0.15) is 23.1 Å². The fraction of sp³-hybridized carbons (Fsp3) is 0.273. The third kappa shape index (κ3) is 3.42. The van der Waals surface area contributed by atoms with Crippen LogP contribution in [0.2, 0.25) is 0 Å². The molecule has 100 valence electrons. The smallest absolute Gasteiger partial charge is 0.340 e. The van der Waals surface area contributed by atoms with Gasteiger partial charge in [-0.05, 0) is 43.2 Å². The highest BCUT2D eigenvalue weighted by molar-refractivity contribution is 8.00. The summed E-state index contributed by atoms with van der Waals surface area (Å²) in [6.07, 6.45) is 1.45. The third-order valence-electron chi connectivity index (χ3n) is 2.11. The molecule has 0 saturated heterocycles. The molecule has 2 aromatic heterocycles. The first kappa shape index (κ1) is 13.8. The fourth-order valence-electron chi connectivity index (χ4n) is 1.30. The largest absolute Gasteiger partial charge is 0.462 e. The number of hydrogen-bond donors (Lipinski definition) is 1. The minimum atomic E-state index is -0.447. The van der Waals surface area contributed by atoms with Gasteiger partial charge in [0.15, 0.2) is 4.34 Å². The number of ether oxygens (including phenoxy) is 1. The molecule has 0 radical (unpaired) electrons. The second-order valence-corrected chi connectivity index (χ2v) is 5.56. The van der Waals surface area contributed by atoms with Crippen LogP contribution in [0.4, 0.5) is 5.69 Å². The lowest BCUT2D eigenvalue weighted by atomic mass is 10.2. The van der Waals surface area contributed by atoms with Crippen molar-refractivity contribution in [3.05, 3.63) is 23.7 Å². The van der Waals surface area contributed by atoms with E-state index in [4.69, 9.17) is 10.5 Å². The average molecular weight is 296 g/mol. The number of aromatic nitrogens is 3. The molecule has 0 atom stereocenters. The molecule has 0 spiro atoms. The van der Waals surface area contributed by atoms with Crippen LogP contribution in [0.15, 0.2) is 21.6 Å². The molecule has 6 nitrogen and oxygen atoms in total. The highest BCUT2D eigenvalue weighted by Gasteiger charge is 2.14. The molecule has 19 heavy (non-hydrogen) atoms. The number of nitrogens with two attached hydrogens (primary N) is 1. The van der Waals surface area contributed by atoms with E-state index in [1.165, 1.54) is 29.5 Å². The van der Waals surface area contributed by atoms with Gasteiger partial charge < -0.3 is 10.5 Å². The molecule has 8 heteroatoms. The van der Waals surface area contributed by atoms with Gasteiger partial charge in [0.1, 0.15) is 10.9 Å². The van der Waals surface area contributed by atoms with E-state index in [9.17, 15) is 4.79 Å². The highest BCUT2D eigenvalue weighted by Crippen LogP contribution is 2.29. The van der Waals surface area contributed by atoms with Crippen LogP contribution in [0.25, 0.3) is 0 Å². The van der Waals surface area contributed by atoms with E-state index in [2.05, 4.69) is 14.3 Å². The van der Waals surface area contributed by atoms with Crippen molar-refractivity contribution in [3.63, 3.8) is 0 Å². The molecule has 0 saturated carbocycles. The first-order valence-corrected chi connectivity index (χ1v) is 7.10. The topological polar surface area (TPSA) is 91.0 Å². The average Bonchev–Trinajstić information content (AvgIpc) is 2.77. The van der Waals surface area contributed by atoms with Gasteiger partial charge in [-0.25, -0.2) is 14.8 Å². The molecule has 0 amide bonds. The van der Waals surface area contributed by atoms with Gasteiger partial charge in [0.05, 0.1) is 24.1 Å². The van der Waals surface area contributed by atoms with Crippen LogP contribution in [0.5, 0.6) is 0 Å². The first-order chi connectivity index (χ1) is 9.10. The number of anilines is 1. The Balaban J connectivity index is 2.23. The summed E-state index contributed by atoms with van der Waals surface area (Å²) in [5, 5.41) is 0.633. The van der Waals surface area contributed by atoms with E-state index in [0.717, 1.165) is 4.34 Å². The maximum absolute atomic E-state index is 11.7. The standard InChI is InChI=1S/C11H12N4O2S2/c1-3-17-10(16)7-4-9(13-5-8(7)12)18-11-14-6(2)15-19-11/h4-5H,3,12H2,1-2H3. The number of carbonyl (C=O) groups is 1. The van der Waals surface area contributed by atoms with Crippen molar-refractivity contribution in [1.82, 2.24) is 14.3 Å². The molecular weight excluding hydrogens is 284 g/mol. The van der Waals surface area contributed by atoms with Gasteiger partial charge in [-0.15, -0.1) is 0 Å². The van der Waals surface area contributed by atoms with Gasteiger partial charge in [-0.2, -0.15) is 4.37 Å². The summed E-state index contributed by atoms with van der Waals surface area (Å²) in [6, 6.07) is 1.61. The Morgan fingerprint density at radius 1 is 1.58 bits per heavy atom. The Morgan fingerprint density at radius 2 is 2.37 bits per heavy atom. The molecule has 2 N–H and O–H groups in total. The van der Waals surface area contributed by atoms with Crippen molar-refractivity contribution in [2.45, 2.75) is 23.2 Å². The van der Waals surface area contributed by atoms with E-state index >= 15 is 0 Å². The van der Waals surface area contributed by atoms with Crippen molar-refractivity contribution in [2.75, 3.05) is 12.3 Å². The van der Waals surface area contributed by atoms with Crippen molar-refractivity contribution in [2.24, 2.45) is 0 Å². The van der Waals surface area contributed by atoms with Crippen LogP contribution < -0.4 is 5.73 Å². The number of nitrogens with zero attached hydrogens (tertiary/aromatic N) is 3. The summed E-state index contributed by atoms with van der Waals surface area (Å²) >= 11 is 2.62. The van der Waals surface area contributed by atoms with E-state index in [-0.39, 0.29) is 0 Å². The summed E-state index contributed by atoms with van der Waals surface area (Å²) < 4.78 is 9.79. The lowest BCUT2D eigenvalue weighted by Gasteiger charge is -2.06. The minimum absolute atomic E-state index is 0.302. The Bertz CT molecular complexity index is 600. The SMILES string of the molecule is CCOC(=O)c1cc(Sc2nc(C)ns2)ncc1N. The zero-order valence-electron chi connectivity index (χ0n) is 10.4. The second kappa shape index (κ2) is 5.98. The molecule has 0 aliphatic heterocycles. The molecular formula is C11H12N4O2S2. The van der Waals surface area contributed by atoms with Crippen molar-refractivity contribution in [3.8, 4) is 0 Å². The van der Waals surface area contributed by atoms with Crippen LogP contribution >= 0.6 is 23.3 Å². The van der Waals surface area contributed by atoms with Gasteiger partial charge in [0.2, 0.25) is 0 Å². The summed E-state index contributed by atoms with van der Waals surface area (Å²) in [7, 11) is 0. The maximum atomic E-state index is 11.7. The van der Waals surface area contributed by atoms with Gasteiger partial charge in [-0.1, -0.05) is 0 Å². The number of pyridine rings is 1. The Hall–Kier alpha value is -1.67. The highest BCUT2D eigenvalue weighted by atomic mass is 32.2. The van der Waals surface area contributed by atoms with Crippen LogP contribution in [0.3, 0.4) is 0 Å². The minimum Gasteiger partial charge on any atom is -0.462 e. The Labute approximate surface area is 118 Å². The van der Waals surface area contributed by atoms with Crippen LogP contribution in [-0.2, 0) is 4.74 Å². The van der Waals surface area contributed by atoms with Gasteiger partial charge in [0, 0.05) is 0 Å². The van der Waals surface area contributed by atoms with Crippen molar-refractivity contribution < 1.29 is 9.53 Å². The molecule has 0 aliphatic rings. The third-order valence-corrected chi connectivity index (χ3v) is 3.88. The number of esters is 1. The second-order valence-electron chi connectivity index (χ2n) is 3.54. The zero-order chi connectivity index (χ0) is 13.8. The summed E-state index contributed by atoms with van der Waals surface area (Å²) in [4.78, 5) is 20.1. The quantitative estimate of drug-likeness (QED) is 0.864. The first-order valence-electron chi connectivity index (χ1n) is 5.51. The Morgan fingerprint density at radius 3 is 3.00 bits per heavy atom. The summed E-state index contributed by atoms with van der Waals surface area (Å²) in [6.45, 7) is 3.87. The van der Waals surface area contributed by atoms with E-state index in [1.807, 2.05) is 6.92 Å². The lowest BCUT2D eigenvalue weighted by Crippen LogP contribution is -2.08. The van der Waals surface area contributed by atoms with Gasteiger partial charge in [-0.3, -0.25) is 0 Å². The molecule has 0 fully saturated rings. The molecule has 0 aromatic carbocycles. The fourth-order valence-corrected chi connectivity index (χ4v) is 2.88. The Kier molecular flexibility index (Phi) is 4.33. The molecule has 2 heterocycles. The number of rotatable bonds is 4. The lowest BCUT2D eigenvalue weighted by molar-refractivity contribution is 0.0527. The predicted molar refractivity (Wildman–Crippen MR) is 73.4 cm³/mol. The normalized spacial score (nSPS) is 10.4. The van der Waals surface area contributed by atoms with E-state index in [1.54, 1.807) is 13.0 Å². The summed E-state index contributed by atoms with van der Waals surface area (Å²) in [5.41, 5.74) is 6.34. The molecule has 2 aromatic rings. The van der Waals surface area contributed by atoms with Crippen LogP contribution in [-0.4, -0.2) is 26.9 Å². The van der Waals surface area contributed by atoms with Crippen molar-refractivity contribution in [1.29, 1.82) is 0 Å². The van der Waals surface area contributed by atoms with E-state index in [0.29, 0.717) is 28.7 Å². The predicted octanol–water partition coefficient (Wildman–Crippen LogP) is 2.15. The number of aryl methyl sites for hydroxylation is 1. The van der Waals surface area contributed by atoms with Gasteiger partial charge in [0.25, 0.3) is 0 Å². The van der Waals surface area contributed by atoms with Gasteiger partial charge >= 0.3 is 5.97 Å². The molecule has 0 bridgehead atoms. The van der Waals surface area contributed by atoms with Crippen molar-refractivity contribution >= 4 is 35.0 Å². The molecule has 2 rings (SSSR count). The van der Waals surface area contributed by atoms with Crippen LogP contribution in [0, 0.1) is 6.92 Å². The number of carbonyl (C=O) groups excluding carboxylic acids is 1. The summed E-state index contributed by atoms with van der Waals surface area (Å²) in [5.74, 6) is 0.270. The monoisotopic (exact) mass is 296 g/mol. The molecule has 0 unspecified atom stereocenters. The zero-order valence-corrected chi connectivity index (χ0v) is 12.0.